The number of aromatic nitrogens is 1. The fraction of sp³-hybridized carbons (Fsp3) is 0.130. The highest BCUT2D eigenvalue weighted by Gasteiger charge is 2.49. The number of nitrogens with two attached hydrogens (primary N) is 1. The SMILES string of the molecule is CN1C(=O)C(c2ccc(C(F)F)nc2)(c2cccc(-c3cccc(C#N)c3)c2)N=C1N. The molecule has 0 spiro atoms. The summed E-state index contributed by atoms with van der Waals surface area (Å²) in [5.41, 5.74) is 6.92. The number of benzene rings is 2. The Morgan fingerprint density at radius 1 is 1.06 bits per heavy atom. The van der Waals surface area contributed by atoms with Crippen LogP contribution in [0.2, 0.25) is 0 Å². The zero-order valence-corrected chi connectivity index (χ0v) is 16.5. The highest BCUT2D eigenvalue weighted by molar-refractivity contribution is 6.09. The summed E-state index contributed by atoms with van der Waals surface area (Å²) in [6.07, 6.45) is -1.49. The third kappa shape index (κ3) is 3.30. The van der Waals surface area contributed by atoms with Gasteiger partial charge in [-0.1, -0.05) is 36.4 Å². The van der Waals surface area contributed by atoms with E-state index in [1.165, 1.54) is 30.3 Å². The first kappa shape index (κ1) is 20.2. The number of halogens is 2. The van der Waals surface area contributed by atoms with E-state index in [-0.39, 0.29) is 5.96 Å². The summed E-state index contributed by atoms with van der Waals surface area (Å²) in [5, 5.41) is 9.19. The Kier molecular flexibility index (Phi) is 4.95. The third-order valence-electron chi connectivity index (χ3n) is 5.27. The number of likely N-dealkylation sites (N-methyl/N-ethyl adjacent to an activating group) is 1. The summed E-state index contributed by atoms with van der Waals surface area (Å²) in [6.45, 7) is 0. The van der Waals surface area contributed by atoms with Crippen molar-refractivity contribution in [3.8, 4) is 17.2 Å². The number of rotatable bonds is 4. The Balaban J connectivity index is 1.90. The normalized spacial score (nSPS) is 18.2. The average Bonchev–Trinajstić information content (AvgIpc) is 3.04. The maximum Gasteiger partial charge on any atom is 0.280 e. The fourth-order valence-corrected chi connectivity index (χ4v) is 3.62. The van der Waals surface area contributed by atoms with E-state index in [0.717, 1.165) is 11.1 Å². The molecule has 6 nitrogen and oxygen atoms in total. The standard InChI is InChI=1S/C23H17F2N5O/c1-30-21(31)23(29-22(30)27,18-8-9-19(20(24)25)28-13-18)17-7-3-6-16(11-17)15-5-2-4-14(10-15)12-26/h2-11,13,20H,1H3,(H2,27,29). The molecule has 1 aromatic heterocycles. The summed E-state index contributed by atoms with van der Waals surface area (Å²) in [6, 6.07) is 18.9. The molecule has 1 unspecified atom stereocenters. The van der Waals surface area contributed by atoms with Gasteiger partial charge in [0.15, 0.2) is 11.5 Å². The lowest BCUT2D eigenvalue weighted by molar-refractivity contribution is -0.129. The number of nitriles is 1. The molecule has 1 amide bonds. The lowest BCUT2D eigenvalue weighted by Crippen LogP contribution is -2.41. The van der Waals surface area contributed by atoms with Gasteiger partial charge in [0.25, 0.3) is 12.3 Å². The Bertz CT molecular complexity index is 1230. The molecule has 0 saturated carbocycles. The minimum atomic E-state index is -2.73. The lowest BCUT2D eigenvalue weighted by atomic mass is 9.82. The zero-order chi connectivity index (χ0) is 22.2. The molecule has 2 heterocycles. The zero-order valence-electron chi connectivity index (χ0n) is 16.5. The van der Waals surface area contributed by atoms with Crippen molar-refractivity contribution in [2.45, 2.75) is 12.0 Å². The molecule has 154 valence electrons. The van der Waals surface area contributed by atoms with Crippen molar-refractivity contribution >= 4 is 11.9 Å². The monoisotopic (exact) mass is 417 g/mol. The number of hydrogen-bond acceptors (Lipinski definition) is 5. The van der Waals surface area contributed by atoms with Crippen molar-refractivity contribution in [1.29, 1.82) is 5.26 Å². The molecule has 2 aromatic carbocycles. The lowest BCUT2D eigenvalue weighted by Gasteiger charge is -2.26. The van der Waals surface area contributed by atoms with Crippen LogP contribution < -0.4 is 5.73 Å². The summed E-state index contributed by atoms with van der Waals surface area (Å²) >= 11 is 0. The van der Waals surface area contributed by atoms with Gasteiger partial charge in [-0.2, -0.15) is 5.26 Å². The first-order chi connectivity index (χ1) is 14.9. The van der Waals surface area contributed by atoms with E-state index in [1.807, 2.05) is 12.1 Å². The van der Waals surface area contributed by atoms with Crippen LogP contribution in [0.15, 0.2) is 71.9 Å². The molecule has 1 aliphatic rings. The fourth-order valence-electron chi connectivity index (χ4n) is 3.62. The smallest absolute Gasteiger partial charge is 0.280 e. The van der Waals surface area contributed by atoms with Crippen LogP contribution in [0.25, 0.3) is 11.1 Å². The van der Waals surface area contributed by atoms with E-state index in [9.17, 15) is 18.8 Å². The summed E-state index contributed by atoms with van der Waals surface area (Å²) in [4.78, 5) is 22.8. The molecule has 0 aliphatic carbocycles. The van der Waals surface area contributed by atoms with E-state index in [1.54, 1.807) is 36.4 Å². The van der Waals surface area contributed by atoms with Crippen molar-refractivity contribution in [3.63, 3.8) is 0 Å². The summed E-state index contributed by atoms with van der Waals surface area (Å²) in [7, 11) is 1.50. The first-order valence-electron chi connectivity index (χ1n) is 9.36. The summed E-state index contributed by atoms with van der Waals surface area (Å²) in [5.74, 6) is -0.403. The molecule has 1 aliphatic heterocycles. The Morgan fingerprint density at radius 3 is 2.35 bits per heavy atom. The first-order valence-corrected chi connectivity index (χ1v) is 9.36. The van der Waals surface area contributed by atoms with Crippen molar-refractivity contribution in [2.75, 3.05) is 7.05 Å². The number of amides is 1. The third-order valence-corrected chi connectivity index (χ3v) is 5.27. The highest BCUT2D eigenvalue weighted by Crippen LogP contribution is 2.40. The molecular formula is C23H17F2N5O. The molecular weight excluding hydrogens is 400 g/mol. The molecule has 31 heavy (non-hydrogen) atoms. The van der Waals surface area contributed by atoms with Crippen LogP contribution >= 0.6 is 0 Å². The molecule has 2 N–H and O–H groups in total. The van der Waals surface area contributed by atoms with Crippen LogP contribution in [0.3, 0.4) is 0 Å². The predicted molar refractivity (Wildman–Crippen MR) is 111 cm³/mol. The minimum absolute atomic E-state index is 0.0137. The molecule has 8 heteroatoms. The Labute approximate surface area is 177 Å². The second kappa shape index (κ2) is 7.61. The number of pyridine rings is 1. The van der Waals surface area contributed by atoms with Crippen LogP contribution in [0.5, 0.6) is 0 Å². The largest absolute Gasteiger partial charge is 0.369 e. The second-order valence-corrected chi connectivity index (χ2v) is 7.09. The van der Waals surface area contributed by atoms with Gasteiger partial charge in [0.05, 0.1) is 11.6 Å². The maximum atomic E-state index is 13.3. The minimum Gasteiger partial charge on any atom is -0.369 e. The average molecular weight is 417 g/mol. The van der Waals surface area contributed by atoms with Gasteiger partial charge in [-0.3, -0.25) is 14.7 Å². The topological polar surface area (TPSA) is 95.4 Å². The number of carbonyl (C=O) groups is 1. The molecule has 1 atom stereocenters. The number of hydrogen-bond donors (Lipinski definition) is 1. The molecule has 0 bridgehead atoms. The van der Waals surface area contributed by atoms with E-state index >= 15 is 0 Å². The van der Waals surface area contributed by atoms with Gasteiger partial charge >= 0.3 is 0 Å². The van der Waals surface area contributed by atoms with Crippen LogP contribution in [0, 0.1) is 11.3 Å². The van der Waals surface area contributed by atoms with Gasteiger partial charge < -0.3 is 5.73 Å². The number of nitrogens with zero attached hydrogens (tertiary/aromatic N) is 4. The van der Waals surface area contributed by atoms with E-state index in [2.05, 4.69) is 16.0 Å². The highest BCUT2D eigenvalue weighted by atomic mass is 19.3. The number of aliphatic imine (C=N–C) groups is 1. The molecule has 0 fully saturated rings. The quantitative estimate of drug-likeness (QED) is 0.702. The van der Waals surface area contributed by atoms with Crippen LogP contribution in [0.4, 0.5) is 8.78 Å². The van der Waals surface area contributed by atoms with E-state index in [4.69, 9.17) is 5.73 Å². The van der Waals surface area contributed by atoms with E-state index < -0.39 is 23.6 Å². The van der Waals surface area contributed by atoms with Crippen molar-refractivity contribution in [1.82, 2.24) is 9.88 Å². The molecule has 0 saturated heterocycles. The number of alkyl halides is 2. The van der Waals surface area contributed by atoms with Gasteiger partial charge in [0.1, 0.15) is 5.69 Å². The summed E-state index contributed by atoms with van der Waals surface area (Å²) < 4.78 is 26.0. The van der Waals surface area contributed by atoms with Gasteiger partial charge in [-0.05, 0) is 41.0 Å². The van der Waals surface area contributed by atoms with Crippen molar-refractivity contribution in [2.24, 2.45) is 10.7 Å². The maximum absolute atomic E-state index is 13.3. The number of carbonyl (C=O) groups excluding carboxylic acids is 1. The van der Waals surface area contributed by atoms with Gasteiger partial charge in [-0.25, -0.2) is 13.8 Å². The predicted octanol–water partition coefficient (Wildman–Crippen LogP) is 3.59. The van der Waals surface area contributed by atoms with Crippen LogP contribution in [0.1, 0.15) is 28.8 Å². The van der Waals surface area contributed by atoms with Crippen LogP contribution in [-0.2, 0) is 10.3 Å². The second-order valence-electron chi connectivity index (χ2n) is 7.09. The molecule has 3 aromatic rings. The number of guanidine groups is 1. The molecule has 0 radical (unpaired) electrons. The van der Waals surface area contributed by atoms with Gasteiger partial charge in [0, 0.05) is 18.8 Å². The van der Waals surface area contributed by atoms with Crippen molar-refractivity contribution < 1.29 is 13.6 Å². The van der Waals surface area contributed by atoms with E-state index in [0.29, 0.717) is 16.7 Å². The Hall–Kier alpha value is -4.12. The van der Waals surface area contributed by atoms with Gasteiger partial charge in [0.2, 0.25) is 0 Å². The van der Waals surface area contributed by atoms with Crippen molar-refractivity contribution in [3.05, 3.63) is 89.2 Å². The van der Waals surface area contributed by atoms with Crippen LogP contribution in [-0.4, -0.2) is 28.8 Å². The Morgan fingerprint density at radius 2 is 1.77 bits per heavy atom. The van der Waals surface area contributed by atoms with Gasteiger partial charge in [-0.15, -0.1) is 0 Å². The molecule has 4 rings (SSSR count).